The largest absolute Gasteiger partial charge is 0.323 e. The number of nitrogens with one attached hydrogen (secondary N) is 1. The van der Waals surface area contributed by atoms with Crippen molar-refractivity contribution in [3.05, 3.63) is 57.5 Å². The second kappa shape index (κ2) is 8.97. The van der Waals surface area contributed by atoms with Crippen LogP contribution < -0.4 is 5.32 Å². The molecule has 0 spiro atoms. The number of nitrogens with zero attached hydrogens (tertiary/aromatic N) is 3. The molecule has 140 valence electrons. The van der Waals surface area contributed by atoms with E-state index in [1.807, 2.05) is 41.8 Å². The maximum absolute atomic E-state index is 12.3. The van der Waals surface area contributed by atoms with Gasteiger partial charge in [0.05, 0.1) is 21.5 Å². The van der Waals surface area contributed by atoms with Gasteiger partial charge in [-0.25, -0.2) is 0 Å². The van der Waals surface area contributed by atoms with Crippen LogP contribution in [-0.2, 0) is 11.3 Å². The zero-order chi connectivity index (χ0) is 19.4. The van der Waals surface area contributed by atoms with Gasteiger partial charge in [0.1, 0.15) is 0 Å². The summed E-state index contributed by atoms with van der Waals surface area (Å²) in [5.74, 6) is 0.658. The van der Waals surface area contributed by atoms with Crippen molar-refractivity contribution in [1.82, 2.24) is 14.8 Å². The molecule has 0 aliphatic carbocycles. The van der Waals surface area contributed by atoms with Gasteiger partial charge in [-0.3, -0.25) is 4.79 Å². The van der Waals surface area contributed by atoms with Crippen LogP contribution in [0.5, 0.6) is 0 Å². The molecule has 9 heteroatoms. The smallest absolute Gasteiger partial charge is 0.234 e. The predicted octanol–water partition coefficient (Wildman–Crippen LogP) is 5.66. The molecule has 0 bridgehead atoms. The maximum atomic E-state index is 12.3. The number of thioether (sulfide) groups is 1. The summed E-state index contributed by atoms with van der Waals surface area (Å²) >= 11 is 19.4. The Labute approximate surface area is 176 Å². The number of carbonyl (C=O) groups excluding carboxylic acids is 1. The van der Waals surface area contributed by atoms with E-state index in [1.165, 1.54) is 23.9 Å². The van der Waals surface area contributed by atoms with Gasteiger partial charge in [0.15, 0.2) is 11.0 Å². The number of rotatable bonds is 6. The van der Waals surface area contributed by atoms with Crippen molar-refractivity contribution >= 4 is 58.2 Å². The summed E-state index contributed by atoms with van der Waals surface area (Å²) in [7, 11) is 0. The highest BCUT2D eigenvalue weighted by Gasteiger charge is 2.16. The fourth-order valence-electron chi connectivity index (χ4n) is 2.45. The molecule has 0 aliphatic heterocycles. The van der Waals surface area contributed by atoms with Crippen LogP contribution in [0.3, 0.4) is 0 Å². The molecule has 0 unspecified atom stereocenters. The van der Waals surface area contributed by atoms with E-state index in [-0.39, 0.29) is 21.7 Å². The number of aromatic nitrogens is 3. The third-order valence-electron chi connectivity index (χ3n) is 3.67. The Morgan fingerprint density at radius 1 is 1.11 bits per heavy atom. The van der Waals surface area contributed by atoms with Crippen LogP contribution in [-0.4, -0.2) is 26.4 Å². The number of benzene rings is 2. The first-order valence-corrected chi connectivity index (χ1v) is 10.2. The third kappa shape index (κ3) is 4.76. The standard InChI is InChI=1S/C18H15Cl3N4OS/c1-2-25-17(11-6-4-3-5-7-11)23-24-18(25)27-10-15(26)22-16-13(20)8-12(19)9-14(16)21/h3-9H,2,10H2,1H3,(H,22,26). The van der Waals surface area contributed by atoms with Crippen LogP contribution in [0.25, 0.3) is 11.4 Å². The van der Waals surface area contributed by atoms with E-state index in [9.17, 15) is 4.79 Å². The van der Waals surface area contributed by atoms with Gasteiger partial charge < -0.3 is 9.88 Å². The van der Waals surface area contributed by atoms with Crippen LogP contribution in [0.15, 0.2) is 47.6 Å². The lowest BCUT2D eigenvalue weighted by atomic mass is 10.2. The predicted molar refractivity (Wildman–Crippen MR) is 112 cm³/mol. The highest BCUT2D eigenvalue weighted by atomic mass is 35.5. The molecule has 1 N–H and O–H groups in total. The Kier molecular flexibility index (Phi) is 6.65. The maximum Gasteiger partial charge on any atom is 0.234 e. The molecule has 0 atom stereocenters. The topological polar surface area (TPSA) is 59.8 Å². The Hall–Kier alpha value is -1.73. The molecule has 0 saturated heterocycles. The van der Waals surface area contributed by atoms with Crippen molar-refractivity contribution < 1.29 is 4.79 Å². The molecule has 1 heterocycles. The average Bonchev–Trinajstić information content (AvgIpc) is 3.06. The van der Waals surface area contributed by atoms with Gasteiger partial charge in [-0.2, -0.15) is 0 Å². The molecule has 5 nitrogen and oxygen atoms in total. The molecule has 3 aromatic rings. The molecular formula is C18H15Cl3N4OS. The minimum absolute atomic E-state index is 0.141. The molecule has 1 amide bonds. The summed E-state index contributed by atoms with van der Waals surface area (Å²) in [6, 6.07) is 12.8. The van der Waals surface area contributed by atoms with Gasteiger partial charge in [0, 0.05) is 17.1 Å². The van der Waals surface area contributed by atoms with Crippen LogP contribution in [0.4, 0.5) is 5.69 Å². The highest BCUT2D eigenvalue weighted by Crippen LogP contribution is 2.34. The number of hydrogen-bond donors (Lipinski definition) is 1. The molecule has 0 aliphatic rings. The van der Waals surface area contributed by atoms with Crippen molar-refractivity contribution in [3.8, 4) is 11.4 Å². The summed E-state index contributed by atoms with van der Waals surface area (Å²) in [6.07, 6.45) is 0. The first-order chi connectivity index (χ1) is 13.0. The third-order valence-corrected chi connectivity index (χ3v) is 5.45. The van der Waals surface area contributed by atoms with Crippen LogP contribution in [0.1, 0.15) is 6.92 Å². The van der Waals surface area contributed by atoms with Gasteiger partial charge in [0.25, 0.3) is 0 Å². The van der Waals surface area contributed by atoms with Crippen molar-refractivity contribution in [3.63, 3.8) is 0 Å². The Bertz CT molecular complexity index is 939. The fourth-order valence-corrected chi connectivity index (χ4v) is 4.16. The summed E-state index contributed by atoms with van der Waals surface area (Å²) in [6.45, 7) is 2.70. The van der Waals surface area contributed by atoms with E-state index in [2.05, 4.69) is 15.5 Å². The molecular weight excluding hydrogens is 427 g/mol. The van der Waals surface area contributed by atoms with Crippen molar-refractivity contribution in [2.45, 2.75) is 18.6 Å². The van der Waals surface area contributed by atoms with Gasteiger partial charge in [-0.1, -0.05) is 76.9 Å². The first-order valence-electron chi connectivity index (χ1n) is 8.05. The summed E-state index contributed by atoms with van der Waals surface area (Å²) in [5.41, 5.74) is 1.32. The number of anilines is 1. The van der Waals surface area contributed by atoms with E-state index in [0.29, 0.717) is 22.4 Å². The summed E-state index contributed by atoms with van der Waals surface area (Å²) in [4.78, 5) is 12.3. The number of hydrogen-bond acceptors (Lipinski definition) is 4. The van der Waals surface area contributed by atoms with Gasteiger partial charge in [-0.15, -0.1) is 10.2 Å². The fraction of sp³-hybridized carbons (Fsp3) is 0.167. The average molecular weight is 442 g/mol. The van der Waals surface area contributed by atoms with Crippen LogP contribution in [0, 0.1) is 0 Å². The zero-order valence-electron chi connectivity index (χ0n) is 14.2. The molecule has 2 aromatic carbocycles. The van der Waals surface area contributed by atoms with Crippen molar-refractivity contribution in [2.75, 3.05) is 11.1 Å². The lowest BCUT2D eigenvalue weighted by molar-refractivity contribution is -0.113. The zero-order valence-corrected chi connectivity index (χ0v) is 17.3. The van der Waals surface area contributed by atoms with E-state index < -0.39 is 0 Å². The van der Waals surface area contributed by atoms with E-state index in [4.69, 9.17) is 34.8 Å². The molecule has 0 fully saturated rings. The minimum Gasteiger partial charge on any atom is -0.323 e. The second-order valence-electron chi connectivity index (χ2n) is 5.50. The first kappa shape index (κ1) is 20.0. The Morgan fingerprint density at radius 3 is 2.41 bits per heavy atom. The molecule has 1 aromatic heterocycles. The lowest BCUT2D eigenvalue weighted by Gasteiger charge is -2.10. The van der Waals surface area contributed by atoms with E-state index in [0.717, 1.165) is 11.4 Å². The minimum atomic E-state index is -0.252. The molecule has 0 radical (unpaired) electrons. The quantitative estimate of drug-likeness (QED) is 0.502. The lowest BCUT2D eigenvalue weighted by Crippen LogP contribution is -2.15. The SMILES string of the molecule is CCn1c(SCC(=O)Nc2c(Cl)cc(Cl)cc2Cl)nnc1-c1ccccc1. The van der Waals surface area contributed by atoms with E-state index >= 15 is 0 Å². The van der Waals surface area contributed by atoms with Gasteiger partial charge in [0.2, 0.25) is 5.91 Å². The molecule has 27 heavy (non-hydrogen) atoms. The number of amides is 1. The number of halogens is 3. The normalized spacial score (nSPS) is 10.8. The summed E-state index contributed by atoms with van der Waals surface area (Å²) in [5, 5.41) is 12.8. The Balaban J connectivity index is 1.70. The molecule has 3 rings (SSSR count). The highest BCUT2D eigenvalue weighted by molar-refractivity contribution is 7.99. The van der Waals surface area contributed by atoms with Crippen LogP contribution in [0.2, 0.25) is 15.1 Å². The van der Waals surface area contributed by atoms with E-state index in [1.54, 1.807) is 0 Å². The number of carbonyl (C=O) groups is 1. The Morgan fingerprint density at radius 2 is 1.78 bits per heavy atom. The van der Waals surface area contributed by atoms with Crippen LogP contribution >= 0.6 is 46.6 Å². The second-order valence-corrected chi connectivity index (χ2v) is 7.69. The van der Waals surface area contributed by atoms with Gasteiger partial charge >= 0.3 is 0 Å². The monoisotopic (exact) mass is 440 g/mol. The molecule has 0 saturated carbocycles. The summed E-state index contributed by atoms with van der Waals surface area (Å²) < 4.78 is 1.97. The van der Waals surface area contributed by atoms with Crippen molar-refractivity contribution in [2.24, 2.45) is 0 Å². The van der Waals surface area contributed by atoms with Gasteiger partial charge in [-0.05, 0) is 19.1 Å². The van der Waals surface area contributed by atoms with Crippen molar-refractivity contribution in [1.29, 1.82) is 0 Å².